The van der Waals surface area contributed by atoms with Crippen LogP contribution in [0.25, 0.3) is 0 Å². The quantitative estimate of drug-likeness (QED) is 0.722. The van der Waals surface area contributed by atoms with Crippen molar-refractivity contribution < 1.29 is 9.53 Å². The highest BCUT2D eigenvalue weighted by Crippen LogP contribution is 2.26. The van der Waals surface area contributed by atoms with Crippen LogP contribution in [0, 0.1) is 0 Å². The van der Waals surface area contributed by atoms with Gasteiger partial charge in [-0.2, -0.15) is 0 Å². The van der Waals surface area contributed by atoms with Gasteiger partial charge in [0.25, 0.3) is 0 Å². The Morgan fingerprint density at radius 2 is 1.88 bits per heavy atom. The van der Waals surface area contributed by atoms with Crippen molar-refractivity contribution in [2.24, 2.45) is 0 Å². The highest BCUT2D eigenvalue weighted by molar-refractivity contribution is 6.30. The normalized spacial score (nSPS) is 18.2. The van der Waals surface area contributed by atoms with E-state index in [-0.39, 0.29) is 17.8 Å². The number of carbonyl (C=O) groups excluding carboxylic acids is 1. The zero-order chi connectivity index (χ0) is 17.8. The third-order valence-electron chi connectivity index (χ3n) is 4.68. The van der Waals surface area contributed by atoms with E-state index < -0.39 is 0 Å². The summed E-state index contributed by atoms with van der Waals surface area (Å²) in [6, 6.07) is 16.1. The number of carbonyl (C=O) groups is 1. The van der Waals surface area contributed by atoms with Crippen molar-refractivity contribution in [3.05, 3.63) is 59.1 Å². The van der Waals surface area contributed by atoms with Crippen LogP contribution in [0.2, 0.25) is 5.02 Å². The number of ether oxygens (including phenoxy) is 1. The van der Waals surface area contributed by atoms with E-state index in [0.29, 0.717) is 6.42 Å². The van der Waals surface area contributed by atoms with Crippen LogP contribution in [0.4, 0.5) is 5.69 Å². The van der Waals surface area contributed by atoms with Gasteiger partial charge in [0.2, 0.25) is 0 Å². The molecule has 1 saturated heterocycles. The van der Waals surface area contributed by atoms with Crippen molar-refractivity contribution in [1.29, 1.82) is 0 Å². The zero-order valence-electron chi connectivity index (χ0n) is 14.7. The molecule has 1 fully saturated rings. The van der Waals surface area contributed by atoms with Gasteiger partial charge in [0.1, 0.15) is 17.6 Å². The minimum atomic E-state index is 0.191. The van der Waals surface area contributed by atoms with E-state index >= 15 is 0 Å². The molecule has 0 bridgehead atoms. The maximum absolute atomic E-state index is 11.3. The number of Topliss-reactive ketones (excluding diaryl/α,β-unsaturated/α-hetero) is 1. The average molecular weight is 358 g/mol. The lowest BCUT2D eigenvalue weighted by molar-refractivity contribution is -0.117. The third-order valence-corrected chi connectivity index (χ3v) is 4.93. The molecule has 0 spiro atoms. The number of halogens is 1. The van der Waals surface area contributed by atoms with Crippen LogP contribution in [0.1, 0.15) is 38.2 Å². The van der Waals surface area contributed by atoms with E-state index in [1.807, 2.05) is 24.3 Å². The van der Waals surface area contributed by atoms with Crippen LogP contribution in [0.3, 0.4) is 0 Å². The van der Waals surface area contributed by atoms with Crippen molar-refractivity contribution in [3.8, 4) is 5.75 Å². The number of benzene rings is 2. The molecule has 0 radical (unpaired) electrons. The summed E-state index contributed by atoms with van der Waals surface area (Å²) in [4.78, 5) is 13.6. The summed E-state index contributed by atoms with van der Waals surface area (Å²) >= 11 is 5.96. The lowest BCUT2D eigenvalue weighted by Gasteiger charge is -2.19. The molecule has 0 aliphatic carbocycles. The number of nitrogens with zero attached hydrogens (tertiary/aromatic N) is 1. The van der Waals surface area contributed by atoms with Gasteiger partial charge in [-0.25, -0.2) is 0 Å². The predicted octanol–water partition coefficient (Wildman–Crippen LogP) is 5.08. The van der Waals surface area contributed by atoms with E-state index in [4.69, 9.17) is 16.3 Å². The number of anilines is 1. The van der Waals surface area contributed by atoms with Gasteiger partial charge >= 0.3 is 0 Å². The molecule has 1 heterocycles. The molecule has 2 atom stereocenters. The van der Waals surface area contributed by atoms with Crippen molar-refractivity contribution in [2.45, 2.75) is 38.7 Å². The molecule has 4 heteroatoms. The molecule has 25 heavy (non-hydrogen) atoms. The van der Waals surface area contributed by atoms with E-state index in [9.17, 15) is 4.79 Å². The SMILES string of the molecule is CC(=O)C[C@@H](C)c1ccc(OC2CCN(c3ccc(Cl)cc3)C2)cc1. The van der Waals surface area contributed by atoms with Gasteiger partial charge in [-0.15, -0.1) is 0 Å². The van der Waals surface area contributed by atoms with Gasteiger partial charge in [-0.1, -0.05) is 30.7 Å². The summed E-state index contributed by atoms with van der Waals surface area (Å²) in [6.07, 6.45) is 1.78. The van der Waals surface area contributed by atoms with Crippen molar-refractivity contribution in [2.75, 3.05) is 18.0 Å². The summed E-state index contributed by atoms with van der Waals surface area (Å²) in [5.74, 6) is 1.36. The van der Waals surface area contributed by atoms with Gasteiger partial charge in [0.05, 0.1) is 6.54 Å². The Kier molecular flexibility index (Phi) is 5.64. The first-order chi connectivity index (χ1) is 12.0. The van der Waals surface area contributed by atoms with E-state index in [0.717, 1.165) is 30.3 Å². The molecular formula is C21H24ClNO2. The van der Waals surface area contributed by atoms with Crippen LogP contribution in [-0.4, -0.2) is 25.0 Å². The smallest absolute Gasteiger partial charge is 0.130 e. The molecule has 1 aliphatic rings. The summed E-state index contributed by atoms with van der Waals surface area (Å²) in [7, 11) is 0. The van der Waals surface area contributed by atoms with Crippen LogP contribution < -0.4 is 9.64 Å². The lowest BCUT2D eigenvalue weighted by atomic mass is 9.96. The Morgan fingerprint density at radius 1 is 1.20 bits per heavy atom. The Hall–Kier alpha value is -2.00. The Morgan fingerprint density at radius 3 is 2.52 bits per heavy atom. The number of hydrogen-bond acceptors (Lipinski definition) is 3. The maximum Gasteiger partial charge on any atom is 0.130 e. The standard InChI is InChI=1S/C21H24ClNO2/c1-15(13-16(2)24)17-3-9-20(10-4-17)25-21-11-12-23(14-21)19-7-5-18(22)6-8-19/h3-10,15,21H,11-14H2,1-2H3/t15-,21?/m1/s1. The number of hydrogen-bond donors (Lipinski definition) is 0. The minimum absolute atomic E-state index is 0.191. The number of ketones is 1. The second-order valence-corrected chi connectivity index (χ2v) is 7.26. The topological polar surface area (TPSA) is 29.5 Å². The van der Waals surface area contributed by atoms with E-state index in [1.165, 1.54) is 11.3 Å². The highest BCUT2D eigenvalue weighted by atomic mass is 35.5. The van der Waals surface area contributed by atoms with Gasteiger partial charge < -0.3 is 14.4 Å². The minimum Gasteiger partial charge on any atom is -0.489 e. The molecule has 0 aromatic heterocycles. The number of rotatable bonds is 6. The molecule has 3 nitrogen and oxygen atoms in total. The second-order valence-electron chi connectivity index (χ2n) is 6.83. The summed E-state index contributed by atoms with van der Waals surface area (Å²) in [5.41, 5.74) is 2.36. The van der Waals surface area contributed by atoms with Gasteiger partial charge in [-0.3, -0.25) is 0 Å². The Bertz CT molecular complexity index is 712. The highest BCUT2D eigenvalue weighted by Gasteiger charge is 2.24. The molecule has 0 amide bonds. The Balaban J connectivity index is 1.56. The largest absolute Gasteiger partial charge is 0.489 e. The molecule has 0 saturated carbocycles. The first kappa shape index (κ1) is 17.8. The van der Waals surface area contributed by atoms with Crippen molar-refractivity contribution in [1.82, 2.24) is 0 Å². The third kappa shape index (κ3) is 4.76. The summed E-state index contributed by atoms with van der Waals surface area (Å²) in [5, 5.41) is 0.759. The molecule has 1 aliphatic heterocycles. The summed E-state index contributed by atoms with van der Waals surface area (Å²) < 4.78 is 6.13. The van der Waals surface area contributed by atoms with Crippen molar-refractivity contribution in [3.63, 3.8) is 0 Å². The molecule has 2 aromatic rings. The molecule has 3 rings (SSSR count). The van der Waals surface area contributed by atoms with E-state index in [1.54, 1.807) is 6.92 Å². The zero-order valence-corrected chi connectivity index (χ0v) is 15.5. The van der Waals surface area contributed by atoms with Crippen LogP contribution in [0.5, 0.6) is 5.75 Å². The fourth-order valence-electron chi connectivity index (χ4n) is 3.33. The second kappa shape index (κ2) is 7.92. The summed E-state index contributed by atoms with van der Waals surface area (Å²) in [6.45, 7) is 5.59. The van der Waals surface area contributed by atoms with E-state index in [2.05, 4.69) is 36.1 Å². The molecule has 132 valence electrons. The monoisotopic (exact) mass is 357 g/mol. The first-order valence-electron chi connectivity index (χ1n) is 8.78. The maximum atomic E-state index is 11.3. The van der Waals surface area contributed by atoms with Gasteiger partial charge in [0.15, 0.2) is 0 Å². The molecule has 0 N–H and O–H groups in total. The Labute approximate surface area is 154 Å². The van der Waals surface area contributed by atoms with Crippen molar-refractivity contribution >= 4 is 23.1 Å². The van der Waals surface area contributed by atoms with Gasteiger partial charge in [0, 0.05) is 30.1 Å². The van der Waals surface area contributed by atoms with Crippen LogP contribution >= 0.6 is 11.6 Å². The van der Waals surface area contributed by atoms with Crippen LogP contribution in [-0.2, 0) is 4.79 Å². The average Bonchev–Trinajstić information content (AvgIpc) is 3.04. The predicted molar refractivity (Wildman–Crippen MR) is 103 cm³/mol. The molecular weight excluding hydrogens is 334 g/mol. The fraction of sp³-hybridized carbons (Fsp3) is 0.381. The molecule has 1 unspecified atom stereocenters. The fourth-order valence-corrected chi connectivity index (χ4v) is 3.45. The lowest BCUT2D eigenvalue weighted by Crippen LogP contribution is -2.24. The van der Waals surface area contributed by atoms with Gasteiger partial charge in [-0.05, 0) is 54.8 Å². The van der Waals surface area contributed by atoms with Crippen LogP contribution in [0.15, 0.2) is 48.5 Å². The molecule has 2 aromatic carbocycles. The first-order valence-corrected chi connectivity index (χ1v) is 9.15.